The Morgan fingerprint density at radius 3 is 2.33 bits per heavy atom. The van der Waals surface area contributed by atoms with Crippen molar-refractivity contribution < 1.29 is 32.6 Å². The molecule has 0 bridgehead atoms. The number of amides is 1. The molecule has 0 aliphatic carbocycles. The molecular weight excluding hydrogens is 536 g/mol. The summed E-state index contributed by atoms with van der Waals surface area (Å²) in [6.07, 6.45) is 2.54. The van der Waals surface area contributed by atoms with Gasteiger partial charge in [-0.25, -0.2) is 23.9 Å². The number of aryl methyl sites for hydroxylation is 2. The second-order valence-electron chi connectivity index (χ2n) is 9.87. The highest BCUT2D eigenvalue weighted by atomic mass is 32.2. The third kappa shape index (κ3) is 6.73. The van der Waals surface area contributed by atoms with Gasteiger partial charge in [-0.2, -0.15) is 0 Å². The first-order valence-electron chi connectivity index (χ1n) is 13.2. The first-order chi connectivity index (χ1) is 19.2. The van der Waals surface area contributed by atoms with E-state index in [0.717, 1.165) is 35.3 Å². The Balaban J connectivity index is 1.65. The zero-order valence-corrected chi connectivity index (χ0v) is 24.1. The summed E-state index contributed by atoms with van der Waals surface area (Å²) in [5, 5.41) is 9.29. The van der Waals surface area contributed by atoms with E-state index in [0.29, 0.717) is 60.2 Å². The third-order valence-electron chi connectivity index (χ3n) is 6.95. The number of fused-ring (bicyclic) bond motifs is 1. The molecule has 2 heterocycles. The lowest BCUT2D eigenvalue weighted by Gasteiger charge is -2.29. The number of carbonyl (C=O) groups excluding carboxylic acids is 1. The maximum absolute atomic E-state index is 12.1. The highest BCUT2D eigenvalue weighted by Gasteiger charge is 2.26. The minimum atomic E-state index is -3.08. The van der Waals surface area contributed by atoms with Gasteiger partial charge in [0, 0.05) is 37.2 Å². The van der Waals surface area contributed by atoms with Crippen LogP contribution in [0.4, 0.5) is 5.82 Å². The van der Waals surface area contributed by atoms with Crippen LogP contribution in [-0.4, -0.2) is 74.9 Å². The van der Waals surface area contributed by atoms with E-state index >= 15 is 0 Å². The van der Waals surface area contributed by atoms with E-state index in [1.165, 1.54) is 0 Å². The van der Waals surface area contributed by atoms with Gasteiger partial charge in [-0.3, -0.25) is 10.0 Å². The van der Waals surface area contributed by atoms with E-state index in [9.17, 15) is 13.2 Å². The van der Waals surface area contributed by atoms with E-state index < -0.39 is 9.84 Å². The van der Waals surface area contributed by atoms with E-state index in [1.54, 1.807) is 25.8 Å². The van der Waals surface area contributed by atoms with Crippen LogP contribution in [0.2, 0.25) is 0 Å². The standard InChI is InChI=1S/C28H36N4O7S/c1-18-14-20(15-19(2)26(18)39-11-7-5-6-8-24(33)31-34)27-29-22-16-21(37-3)17-23(38-4)25(22)28(30-27)32-9-12-40(35,36)13-10-32/h14-17,34H,5-13H2,1-4H3,(H,31,33). The first-order valence-corrected chi connectivity index (χ1v) is 15.0. The molecule has 0 atom stereocenters. The number of hydrogen-bond donors (Lipinski definition) is 2. The molecule has 1 saturated heterocycles. The minimum absolute atomic E-state index is 0.0607. The van der Waals surface area contributed by atoms with Gasteiger partial charge >= 0.3 is 0 Å². The van der Waals surface area contributed by atoms with Crippen molar-refractivity contribution in [3.8, 4) is 28.6 Å². The number of ether oxygens (including phenoxy) is 3. The molecule has 0 unspecified atom stereocenters. The molecule has 1 amide bonds. The summed E-state index contributed by atoms with van der Waals surface area (Å²) >= 11 is 0. The molecule has 0 radical (unpaired) electrons. The smallest absolute Gasteiger partial charge is 0.243 e. The number of unbranched alkanes of at least 4 members (excludes halogenated alkanes) is 2. The summed E-state index contributed by atoms with van der Waals surface area (Å²) in [7, 11) is 0.0751. The highest BCUT2D eigenvalue weighted by Crippen LogP contribution is 2.39. The highest BCUT2D eigenvalue weighted by molar-refractivity contribution is 7.91. The summed E-state index contributed by atoms with van der Waals surface area (Å²) in [5.41, 5.74) is 4.96. The molecule has 3 aromatic rings. The number of aromatic nitrogens is 2. The first kappa shape index (κ1) is 29.3. The SMILES string of the molecule is COc1cc(OC)c2c(N3CCS(=O)(=O)CC3)nc(-c3cc(C)c(OCCCCCC(=O)NO)c(C)c3)nc2c1. The number of benzene rings is 2. The Morgan fingerprint density at radius 2 is 1.70 bits per heavy atom. The van der Waals surface area contributed by atoms with Crippen molar-refractivity contribution in [3.63, 3.8) is 0 Å². The van der Waals surface area contributed by atoms with Crippen molar-refractivity contribution in [1.82, 2.24) is 15.4 Å². The number of hydrogen-bond acceptors (Lipinski definition) is 10. The van der Waals surface area contributed by atoms with Gasteiger partial charge in [-0.15, -0.1) is 0 Å². The zero-order valence-electron chi connectivity index (χ0n) is 23.3. The van der Waals surface area contributed by atoms with Crippen LogP contribution in [0.1, 0.15) is 36.8 Å². The second-order valence-corrected chi connectivity index (χ2v) is 12.2. The summed E-state index contributed by atoms with van der Waals surface area (Å²) in [4.78, 5) is 22.9. The van der Waals surface area contributed by atoms with Crippen LogP contribution in [0.5, 0.6) is 17.2 Å². The molecule has 0 spiro atoms. The predicted octanol–water partition coefficient (Wildman–Crippen LogP) is 3.61. The summed E-state index contributed by atoms with van der Waals surface area (Å²) < 4.78 is 41.5. The fourth-order valence-corrected chi connectivity index (χ4v) is 6.05. The topological polar surface area (TPSA) is 140 Å². The van der Waals surface area contributed by atoms with Crippen LogP contribution in [-0.2, 0) is 14.6 Å². The van der Waals surface area contributed by atoms with Gasteiger partial charge in [0.15, 0.2) is 15.7 Å². The van der Waals surface area contributed by atoms with Crippen LogP contribution in [0.25, 0.3) is 22.3 Å². The summed E-state index contributed by atoms with van der Waals surface area (Å²) in [6, 6.07) is 7.57. The molecule has 1 aliphatic heterocycles. The predicted molar refractivity (Wildman–Crippen MR) is 152 cm³/mol. The van der Waals surface area contributed by atoms with Gasteiger partial charge in [-0.1, -0.05) is 0 Å². The maximum Gasteiger partial charge on any atom is 0.243 e. The van der Waals surface area contributed by atoms with Gasteiger partial charge in [0.25, 0.3) is 0 Å². The molecule has 40 heavy (non-hydrogen) atoms. The molecule has 2 aromatic carbocycles. The monoisotopic (exact) mass is 572 g/mol. The van der Waals surface area contributed by atoms with Gasteiger partial charge in [0.2, 0.25) is 5.91 Å². The molecule has 4 rings (SSSR count). The zero-order chi connectivity index (χ0) is 28.9. The maximum atomic E-state index is 12.1. The van der Waals surface area contributed by atoms with Crippen molar-refractivity contribution in [2.75, 3.05) is 50.3 Å². The molecule has 1 aliphatic rings. The second kappa shape index (κ2) is 12.7. The summed E-state index contributed by atoms with van der Waals surface area (Å²) in [5.74, 6) is 2.81. The van der Waals surface area contributed by atoms with Crippen molar-refractivity contribution in [3.05, 3.63) is 35.4 Å². The quantitative estimate of drug-likeness (QED) is 0.199. The Morgan fingerprint density at radius 1 is 1.00 bits per heavy atom. The normalized spacial score (nSPS) is 14.7. The van der Waals surface area contributed by atoms with Crippen LogP contribution in [0.3, 0.4) is 0 Å². The number of anilines is 1. The molecule has 11 nitrogen and oxygen atoms in total. The number of nitrogens with one attached hydrogen (secondary N) is 1. The lowest BCUT2D eigenvalue weighted by molar-refractivity contribution is -0.129. The molecule has 0 saturated carbocycles. The number of rotatable bonds is 11. The molecule has 12 heteroatoms. The van der Waals surface area contributed by atoms with E-state index in [1.807, 2.05) is 36.9 Å². The number of nitrogens with zero attached hydrogens (tertiary/aromatic N) is 3. The average molecular weight is 573 g/mol. The Hall–Kier alpha value is -3.64. The van der Waals surface area contributed by atoms with Crippen LogP contribution < -0.4 is 24.6 Å². The van der Waals surface area contributed by atoms with Crippen LogP contribution in [0, 0.1) is 13.8 Å². The Labute approximate surface area is 234 Å². The van der Waals surface area contributed by atoms with Crippen molar-refractivity contribution in [2.24, 2.45) is 0 Å². The minimum Gasteiger partial charge on any atom is -0.497 e. The summed E-state index contributed by atoms with van der Waals surface area (Å²) in [6.45, 7) is 5.12. The average Bonchev–Trinajstić information content (AvgIpc) is 2.94. The van der Waals surface area contributed by atoms with E-state index in [2.05, 4.69) is 0 Å². The van der Waals surface area contributed by atoms with E-state index in [4.69, 9.17) is 29.4 Å². The molecule has 1 aromatic heterocycles. The lowest BCUT2D eigenvalue weighted by Crippen LogP contribution is -2.40. The van der Waals surface area contributed by atoms with Crippen LogP contribution in [0.15, 0.2) is 24.3 Å². The van der Waals surface area contributed by atoms with Gasteiger partial charge in [0.1, 0.15) is 23.1 Å². The largest absolute Gasteiger partial charge is 0.497 e. The molecule has 1 fully saturated rings. The van der Waals surface area contributed by atoms with Crippen molar-refractivity contribution in [2.45, 2.75) is 39.5 Å². The Kier molecular flexibility index (Phi) is 9.31. The van der Waals surface area contributed by atoms with Gasteiger partial charge in [0.05, 0.1) is 43.2 Å². The van der Waals surface area contributed by atoms with Crippen LogP contribution >= 0.6 is 0 Å². The number of sulfone groups is 1. The van der Waals surface area contributed by atoms with Crippen molar-refractivity contribution >= 4 is 32.5 Å². The van der Waals surface area contributed by atoms with Crippen molar-refractivity contribution in [1.29, 1.82) is 0 Å². The molecular formula is C28H36N4O7S. The van der Waals surface area contributed by atoms with Gasteiger partial charge < -0.3 is 19.1 Å². The fraction of sp³-hybridized carbons (Fsp3) is 0.464. The fourth-order valence-electron chi connectivity index (χ4n) is 4.85. The molecule has 216 valence electrons. The van der Waals surface area contributed by atoms with E-state index in [-0.39, 0.29) is 23.8 Å². The number of methoxy groups -OCH3 is 2. The lowest BCUT2D eigenvalue weighted by atomic mass is 10.0. The number of hydroxylamine groups is 1. The Bertz CT molecular complexity index is 1460. The van der Waals surface area contributed by atoms with Gasteiger partial charge in [-0.05, 0) is 56.4 Å². The third-order valence-corrected chi connectivity index (χ3v) is 8.56. The number of carbonyl (C=O) groups is 1. The molecule has 2 N–H and O–H groups in total.